The molecular weight excluding hydrogens is 204 g/mol. The number of rotatable bonds is 3. The van der Waals surface area contributed by atoms with Crippen molar-refractivity contribution in [1.82, 2.24) is 4.98 Å². The molecule has 0 saturated heterocycles. The molecule has 0 saturated carbocycles. The Hall–Kier alpha value is -1.29. The highest BCUT2D eigenvalue weighted by Crippen LogP contribution is 2.25. The summed E-state index contributed by atoms with van der Waals surface area (Å²) in [7, 11) is 1.81. The molecule has 0 aromatic carbocycles. The molecule has 0 aliphatic carbocycles. The summed E-state index contributed by atoms with van der Waals surface area (Å²) >= 11 is 5.89. The fraction of sp³-hybridized carbons (Fsp3) is 0.333. The number of carboxylic acids is 1. The Morgan fingerprint density at radius 2 is 2.36 bits per heavy atom. The summed E-state index contributed by atoms with van der Waals surface area (Å²) in [6.07, 6.45) is 1.44. The van der Waals surface area contributed by atoms with E-state index in [0.717, 1.165) is 6.54 Å². The minimum Gasteiger partial charge on any atom is -0.478 e. The Morgan fingerprint density at radius 3 is 2.86 bits per heavy atom. The lowest BCUT2D eigenvalue weighted by atomic mass is 10.2. The van der Waals surface area contributed by atoms with Crippen molar-refractivity contribution in [2.24, 2.45) is 0 Å². The minimum atomic E-state index is -1.04. The molecule has 0 bridgehead atoms. The third kappa shape index (κ3) is 1.96. The molecule has 1 heterocycles. The summed E-state index contributed by atoms with van der Waals surface area (Å²) in [5, 5.41) is 9.00. The van der Waals surface area contributed by atoms with Crippen molar-refractivity contribution in [1.29, 1.82) is 0 Å². The number of aromatic nitrogens is 1. The Labute approximate surface area is 87.1 Å². The van der Waals surface area contributed by atoms with Crippen molar-refractivity contribution in [2.75, 3.05) is 18.5 Å². The molecular formula is C9H11ClN2O2. The van der Waals surface area contributed by atoms with Crippen molar-refractivity contribution in [3.8, 4) is 0 Å². The molecule has 5 heteroatoms. The van der Waals surface area contributed by atoms with E-state index in [0.29, 0.717) is 5.82 Å². The molecule has 0 fully saturated rings. The standard InChI is InChI=1S/C9H11ClN2O2/c1-3-12(2)8-7(10)6(9(13)14)4-5-11-8/h4-5H,3H2,1-2H3,(H,13,14). The summed E-state index contributed by atoms with van der Waals surface area (Å²) in [5.41, 5.74) is 0.0805. The van der Waals surface area contributed by atoms with Gasteiger partial charge in [-0.15, -0.1) is 0 Å². The number of nitrogens with zero attached hydrogens (tertiary/aromatic N) is 2. The lowest BCUT2D eigenvalue weighted by Gasteiger charge is -2.17. The van der Waals surface area contributed by atoms with Gasteiger partial charge in [0.25, 0.3) is 0 Å². The zero-order chi connectivity index (χ0) is 10.7. The molecule has 0 atom stereocenters. The van der Waals surface area contributed by atoms with Crippen molar-refractivity contribution < 1.29 is 9.90 Å². The molecule has 14 heavy (non-hydrogen) atoms. The van der Waals surface area contributed by atoms with Crippen LogP contribution in [0.25, 0.3) is 0 Å². The van der Waals surface area contributed by atoms with E-state index in [9.17, 15) is 4.79 Å². The molecule has 76 valence electrons. The van der Waals surface area contributed by atoms with Gasteiger partial charge in [-0.2, -0.15) is 0 Å². The van der Waals surface area contributed by atoms with Crippen LogP contribution in [-0.4, -0.2) is 29.7 Å². The Balaban J connectivity index is 3.20. The second-order valence-corrected chi connectivity index (χ2v) is 3.19. The maximum absolute atomic E-state index is 10.8. The van der Waals surface area contributed by atoms with Crippen molar-refractivity contribution in [3.05, 3.63) is 22.8 Å². The lowest BCUT2D eigenvalue weighted by Crippen LogP contribution is -2.18. The van der Waals surface area contributed by atoms with Crippen molar-refractivity contribution >= 4 is 23.4 Å². The van der Waals surface area contributed by atoms with Gasteiger partial charge in [0, 0.05) is 19.8 Å². The second kappa shape index (κ2) is 4.28. The monoisotopic (exact) mass is 214 g/mol. The normalized spacial score (nSPS) is 9.93. The third-order valence-electron chi connectivity index (χ3n) is 1.94. The largest absolute Gasteiger partial charge is 0.478 e. The van der Waals surface area contributed by atoms with Gasteiger partial charge >= 0.3 is 5.97 Å². The lowest BCUT2D eigenvalue weighted by molar-refractivity contribution is 0.0697. The highest BCUT2D eigenvalue weighted by atomic mass is 35.5. The number of pyridine rings is 1. The SMILES string of the molecule is CCN(C)c1nccc(C(=O)O)c1Cl. The predicted octanol–water partition coefficient (Wildman–Crippen LogP) is 1.89. The zero-order valence-electron chi connectivity index (χ0n) is 7.99. The van der Waals surface area contributed by atoms with Crippen LogP contribution in [0.4, 0.5) is 5.82 Å². The van der Waals surface area contributed by atoms with Crippen LogP contribution in [-0.2, 0) is 0 Å². The van der Waals surface area contributed by atoms with E-state index in [2.05, 4.69) is 4.98 Å². The number of carboxylic acid groups (broad SMARTS) is 1. The smallest absolute Gasteiger partial charge is 0.337 e. The molecule has 0 aliphatic heterocycles. The van der Waals surface area contributed by atoms with Crippen molar-refractivity contribution in [3.63, 3.8) is 0 Å². The van der Waals surface area contributed by atoms with E-state index in [4.69, 9.17) is 16.7 Å². The average Bonchev–Trinajstić information content (AvgIpc) is 2.16. The first kappa shape index (κ1) is 10.8. The number of hydrogen-bond donors (Lipinski definition) is 1. The summed E-state index contributed by atoms with van der Waals surface area (Å²) < 4.78 is 0. The maximum Gasteiger partial charge on any atom is 0.337 e. The first-order chi connectivity index (χ1) is 6.57. The number of carbonyl (C=O) groups is 1. The van der Waals surface area contributed by atoms with Gasteiger partial charge in [-0.25, -0.2) is 9.78 Å². The molecule has 0 unspecified atom stereocenters. The molecule has 1 aromatic heterocycles. The molecule has 0 spiro atoms. The second-order valence-electron chi connectivity index (χ2n) is 2.82. The van der Waals surface area contributed by atoms with Gasteiger partial charge in [-0.1, -0.05) is 11.6 Å². The highest BCUT2D eigenvalue weighted by molar-refractivity contribution is 6.35. The van der Waals surface area contributed by atoms with Crippen LogP contribution in [0.2, 0.25) is 5.02 Å². The zero-order valence-corrected chi connectivity index (χ0v) is 8.75. The quantitative estimate of drug-likeness (QED) is 0.835. The molecule has 0 amide bonds. The maximum atomic E-state index is 10.8. The van der Waals surface area contributed by atoms with Crippen LogP contribution in [0.3, 0.4) is 0 Å². The Morgan fingerprint density at radius 1 is 1.71 bits per heavy atom. The average molecular weight is 215 g/mol. The van der Waals surface area contributed by atoms with Crippen LogP contribution in [0.5, 0.6) is 0 Å². The number of anilines is 1. The fourth-order valence-electron chi connectivity index (χ4n) is 1.01. The van der Waals surface area contributed by atoms with E-state index in [1.54, 1.807) is 11.9 Å². The first-order valence-corrected chi connectivity index (χ1v) is 4.54. The van der Waals surface area contributed by atoms with Gasteiger partial charge < -0.3 is 10.0 Å². The van der Waals surface area contributed by atoms with Gasteiger partial charge in [-0.3, -0.25) is 0 Å². The highest BCUT2D eigenvalue weighted by Gasteiger charge is 2.14. The summed E-state index contributed by atoms with van der Waals surface area (Å²) in [6, 6.07) is 1.39. The first-order valence-electron chi connectivity index (χ1n) is 4.16. The van der Waals surface area contributed by atoms with E-state index in [1.807, 2.05) is 6.92 Å². The van der Waals surface area contributed by atoms with Crippen LogP contribution in [0.1, 0.15) is 17.3 Å². The number of aromatic carboxylic acids is 1. The van der Waals surface area contributed by atoms with Crippen LogP contribution in [0, 0.1) is 0 Å². The number of hydrogen-bond acceptors (Lipinski definition) is 3. The third-order valence-corrected chi connectivity index (χ3v) is 2.31. The van der Waals surface area contributed by atoms with Gasteiger partial charge in [0.05, 0.1) is 10.6 Å². The fourth-order valence-corrected chi connectivity index (χ4v) is 1.35. The predicted molar refractivity (Wildman–Crippen MR) is 55.2 cm³/mol. The van der Waals surface area contributed by atoms with Crippen LogP contribution in [0.15, 0.2) is 12.3 Å². The van der Waals surface area contributed by atoms with Gasteiger partial charge in [0.15, 0.2) is 0 Å². The molecule has 0 aliphatic rings. The van der Waals surface area contributed by atoms with Crippen molar-refractivity contribution in [2.45, 2.75) is 6.92 Å². The summed E-state index contributed by atoms with van der Waals surface area (Å²) in [5.74, 6) is -0.544. The summed E-state index contributed by atoms with van der Waals surface area (Å²) in [4.78, 5) is 16.6. The molecule has 0 radical (unpaired) electrons. The van der Waals surface area contributed by atoms with E-state index < -0.39 is 5.97 Å². The summed E-state index contributed by atoms with van der Waals surface area (Å²) in [6.45, 7) is 2.65. The molecule has 1 aromatic rings. The van der Waals surface area contributed by atoms with E-state index in [-0.39, 0.29) is 10.6 Å². The van der Waals surface area contributed by atoms with Gasteiger partial charge in [0.2, 0.25) is 0 Å². The molecule has 4 nitrogen and oxygen atoms in total. The van der Waals surface area contributed by atoms with Crippen LogP contribution >= 0.6 is 11.6 Å². The topological polar surface area (TPSA) is 53.4 Å². The Bertz CT molecular complexity index is 355. The molecule has 1 N–H and O–H groups in total. The van der Waals surface area contributed by atoms with E-state index in [1.165, 1.54) is 12.3 Å². The minimum absolute atomic E-state index is 0.0805. The van der Waals surface area contributed by atoms with Crippen LogP contribution < -0.4 is 4.90 Å². The van der Waals surface area contributed by atoms with Gasteiger partial charge in [0.1, 0.15) is 5.82 Å². The Kier molecular flexibility index (Phi) is 3.30. The van der Waals surface area contributed by atoms with E-state index >= 15 is 0 Å². The van der Waals surface area contributed by atoms with Gasteiger partial charge in [-0.05, 0) is 13.0 Å². The number of halogens is 1. The molecule has 1 rings (SSSR count).